The second-order valence-electron chi connectivity index (χ2n) is 11.5. The summed E-state index contributed by atoms with van der Waals surface area (Å²) in [5.74, 6) is 0.305. The van der Waals surface area contributed by atoms with Gasteiger partial charge >= 0.3 is 6.09 Å². The zero-order chi connectivity index (χ0) is 30.6. The molecule has 0 bridgehead atoms. The average Bonchev–Trinajstić information content (AvgIpc) is 3.58. The number of ether oxygens (including phenoxy) is 2. The van der Waals surface area contributed by atoms with Gasteiger partial charge in [0.1, 0.15) is 24.2 Å². The van der Waals surface area contributed by atoms with Gasteiger partial charge in [-0.3, -0.25) is 0 Å². The molecule has 0 aliphatic heterocycles. The van der Waals surface area contributed by atoms with E-state index in [2.05, 4.69) is 40.1 Å². The van der Waals surface area contributed by atoms with Gasteiger partial charge in [0.2, 0.25) is 11.7 Å². The molecule has 10 nitrogen and oxygen atoms in total. The van der Waals surface area contributed by atoms with Crippen LogP contribution in [0.2, 0.25) is 25.7 Å². The fourth-order valence-electron chi connectivity index (χ4n) is 4.64. The van der Waals surface area contributed by atoms with Crippen molar-refractivity contribution in [1.82, 2.24) is 25.0 Å². The fourth-order valence-corrected chi connectivity index (χ4v) is 5.40. The summed E-state index contributed by atoms with van der Waals surface area (Å²) in [5, 5.41) is 16.5. The molecule has 0 saturated heterocycles. The third kappa shape index (κ3) is 7.45. The Bertz CT molecular complexity index is 1720. The summed E-state index contributed by atoms with van der Waals surface area (Å²) in [5.41, 5.74) is 2.86. The molecule has 2 aromatic carbocycles. The van der Waals surface area contributed by atoms with Gasteiger partial charge in [-0.1, -0.05) is 61.2 Å². The molecule has 0 spiro atoms. The van der Waals surface area contributed by atoms with Gasteiger partial charge in [-0.25, -0.2) is 14.2 Å². The summed E-state index contributed by atoms with van der Waals surface area (Å²) in [7, 11) is -1.20. The van der Waals surface area contributed by atoms with E-state index in [0.717, 1.165) is 22.6 Å². The summed E-state index contributed by atoms with van der Waals surface area (Å²) in [6, 6.07) is 15.6. The van der Waals surface area contributed by atoms with Crippen molar-refractivity contribution in [1.29, 1.82) is 0 Å². The first-order valence-corrected chi connectivity index (χ1v) is 17.6. The zero-order valence-corrected chi connectivity index (χ0v) is 25.5. The Hall–Kier alpha value is -4.55. The highest BCUT2D eigenvalue weighted by Gasteiger charge is 2.23. The van der Waals surface area contributed by atoms with Gasteiger partial charge in [0.25, 0.3) is 0 Å². The lowest BCUT2D eigenvalue weighted by molar-refractivity contribution is 0.0898. The van der Waals surface area contributed by atoms with Crippen molar-refractivity contribution in [3.05, 3.63) is 89.8 Å². The maximum Gasteiger partial charge on any atom is 0.405 e. The van der Waals surface area contributed by atoms with Crippen LogP contribution in [0.15, 0.2) is 71.5 Å². The minimum atomic E-state index is -1.27. The largest absolute Gasteiger partial charge is 0.465 e. The number of aromatic nitrogens is 4. The molecular formula is C31H34FN5O5Si. The molecule has 5 rings (SSSR count). The Morgan fingerprint density at radius 2 is 1.93 bits per heavy atom. The SMILES string of the molecule is Cc1cn(COCC[Si](C)(C)C)c2nccc(Oc3ccc(C[C@H](NC(=O)O)c4nc(-c5ccccc5)no4)cc3F)c12. The number of pyridine rings is 1. The summed E-state index contributed by atoms with van der Waals surface area (Å²) < 4.78 is 34.6. The number of amides is 1. The number of nitrogens with one attached hydrogen (secondary N) is 1. The van der Waals surface area contributed by atoms with Gasteiger partial charge in [0.15, 0.2) is 11.6 Å². The molecule has 1 atom stereocenters. The fraction of sp³-hybridized carbons (Fsp3) is 0.290. The van der Waals surface area contributed by atoms with Crippen molar-refractivity contribution in [3.63, 3.8) is 0 Å². The minimum Gasteiger partial charge on any atom is -0.465 e. The molecule has 0 radical (unpaired) electrons. The smallest absolute Gasteiger partial charge is 0.405 e. The summed E-state index contributed by atoms with van der Waals surface area (Å²) in [6.07, 6.45) is 2.39. The van der Waals surface area contributed by atoms with E-state index in [1.807, 2.05) is 48.0 Å². The Morgan fingerprint density at radius 3 is 2.65 bits per heavy atom. The van der Waals surface area contributed by atoms with Gasteiger partial charge < -0.3 is 29.0 Å². The molecule has 0 fully saturated rings. The molecule has 3 aromatic heterocycles. The quantitative estimate of drug-likeness (QED) is 0.113. The normalized spacial score (nSPS) is 12.4. The Kier molecular flexibility index (Phi) is 8.88. The molecule has 5 aromatic rings. The molecule has 12 heteroatoms. The summed E-state index contributed by atoms with van der Waals surface area (Å²) >= 11 is 0. The van der Waals surface area contributed by atoms with Crippen LogP contribution in [0.4, 0.5) is 9.18 Å². The van der Waals surface area contributed by atoms with Gasteiger partial charge in [-0.15, -0.1) is 0 Å². The number of hydrogen-bond acceptors (Lipinski definition) is 7. The van der Waals surface area contributed by atoms with E-state index in [1.54, 1.807) is 18.3 Å². The lowest BCUT2D eigenvalue weighted by atomic mass is 10.1. The number of hydrogen-bond donors (Lipinski definition) is 2. The number of halogens is 1. The number of carbonyl (C=O) groups is 1. The lowest BCUT2D eigenvalue weighted by Gasteiger charge is -2.15. The Morgan fingerprint density at radius 1 is 1.14 bits per heavy atom. The molecule has 224 valence electrons. The zero-order valence-electron chi connectivity index (χ0n) is 24.5. The molecular weight excluding hydrogens is 569 g/mol. The third-order valence-electron chi connectivity index (χ3n) is 6.86. The minimum absolute atomic E-state index is 0.0293. The van der Waals surface area contributed by atoms with E-state index in [4.69, 9.17) is 14.0 Å². The van der Waals surface area contributed by atoms with Crippen molar-refractivity contribution in [3.8, 4) is 22.9 Å². The molecule has 0 aliphatic rings. The number of carboxylic acid groups (broad SMARTS) is 1. The summed E-state index contributed by atoms with van der Waals surface area (Å²) in [4.78, 5) is 20.4. The van der Waals surface area contributed by atoms with E-state index in [-0.39, 0.29) is 18.1 Å². The molecule has 0 unspecified atom stereocenters. The van der Waals surface area contributed by atoms with E-state index >= 15 is 4.39 Å². The second-order valence-corrected chi connectivity index (χ2v) is 17.2. The maximum atomic E-state index is 15.3. The predicted molar refractivity (Wildman–Crippen MR) is 162 cm³/mol. The number of fused-ring (bicyclic) bond motifs is 1. The number of benzene rings is 2. The van der Waals surface area contributed by atoms with Crippen LogP contribution in [0.1, 0.15) is 23.1 Å². The average molecular weight is 604 g/mol. The van der Waals surface area contributed by atoms with Crippen molar-refractivity contribution in [2.45, 2.75) is 51.8 Å². The van der Waals surface area contributed by atoms with Crippen LogP contribution in [0.25, 0.3) is 22.4 Å². The van der Waals surface area contributed by atoms with Crippen LogP contribution < -0.4 is 10.1 Å². The maximum absolute atomic E-state index is 15.3. The van der Waals surface area contributed by atoms with E-state index in [9.17, 15) is 9.90 Å². The number of aryl methyl sites for hydroxylation is 1. The monoisotopic (exact) mass is 603 g/mol. The molecule has 0 aliphatic carbocycles. The highest BCUT2D eigenvalue weighted by atomic mass is 28.3. The van der Waals surface area contributed by atoms with Crippen LogP contribution in [0.5, 0.6) is 11.5 Å². The van der Waals surface area contributed by atoms with Gasteiger partial charge in [0, 0.05) is 39.1 Å². The first-order chi connectivity index (χ1) is 20.6. The van der Waals surface area contributed by atoms with Crippen LogP contribution in [-0.2, 0) is 17.9 Å². The third-order valence-corrected chi connectivity index (χ3v) is 8.57. The van der Waals surface area contributed by atoms with Crippen LogP contribution in [0, 0.1) is 12.7 Å². The highest BCUT2D eigenvalue weighted by molar-refractivity contribution is 6.76. The standard InChI is InChI=1S/C31H34FN5O5Si/c1-20-18-37(19-40-14-15-43(2,3)4)29-27(20)26(12-13-33-29)41-25-11-10-21(16-23(25)32)17-24(34-31(38)39)30-35-28(36-42-30)22-8-6-5-7-9-22/h5-13,16,18,24,34H,14-15,17,19H2,1-4H3,(H,38,39)/t24-/m0/s1. The van der Waals surface area contributed by atoms with E-state index < -0.39 is 26.0 Å². The van der Waals surface area contributed by atoms with Crippen LogP contribution in [0.3, 0.4) is 0 Å². The Labute approximate surface area is 249 Å². The van der Waals surface area contributed by atoms with Crippen LogP contribution >= 0.6 is 0 Å². The first kappa shape index (κ1) is 29.9. The molecule has 3 heterocycles. The van der Waals surface area contributed by atoms with E-state index in [1.165, 1.54) is 12.1 Å². The molecule has 0 saturated carbocycles. The molecule has 1 amide bonds. The van der Waals surface area contributed by atoms with Crippen molar-refractivity contribution < 1.29 is 28.3 Å². The topological polar surface area (TPSA) is 125 Å². The van der Waals surface area contributed by atoms with Crippen molar-refractivity contribution >= 4 is 25.2 Å². The van der Waals surface area contributed by atoms with Gasteiger partial charge in [0.05, 0.1) is 5.39 Å². The van der Waals surface area contributed by atoms with Gasteiger partial charge in [-0.05, 0) is 42.3 Å². The molecule has 43 heavy (non-hydrogen) atoms. The molecule has 2 N–H and O–H groups in total. The number of rotatable bonds is 12. The summed E-state index contributed by atoms with van der Waals surface area (Å²) in [6.45, 7) is 9.93. The Balaban J connectivity index is 1.32. The highest BCUT2D eigenvalue weighted by Crippen LogP contribution is 2.34. The second kappa shape index (κ2) is 12.8. The van der Waals surface area contributed by atoms with Crippen molar-refractivity contribution in [2.24, 2.45) is 0 Å². The van der Waals surface area contributed by atoms with Crippen LogP contribution in [-0.4, -0.2) is 45.6 Å². The number of nitrogens with zero attached hydrogens (tertiary/aromatic N) is 4. The predicted octanol–water partition coefficient (Wildman–Crippen LogP) is 7.19. The van der Waals surface area contributed by atoms with Gasteiger partial charge in [-0.2, -0.15) is 4.98 Å². The van der Waals surface area contributed by atoms with Crippen molar-refractivity contribution in [2.75, 3.05) is 6.61 Å². The first-order valence-electron chi connectivity index (χ1n) is 13.9. The lowest BCUT2D eigenvalue weighted by Crippen LogP contribution is -2.28. The van der Waals surface area contributed by atoms with E-state index in [0.29, 0.717) is 36.1 Å².